The van der Waals surface area contributed by atoms with E-state index in [9.17, 15) is 0 Å². The Labute approximate surface area is 123 Å². The van der Waals surface area contributed by atoms with Crippen molar-refractivity contribution in [1.29, 1.82) is 0 Å². The van der Waals surface area contributed by atoms with Gasteiger partial charge >= 0.3 is 0 Å². The summed E-state index contributed by atoms with van der Waals surface area (Å²) >= 11 is 0. The number of imidazole rings is 1. The van der Waals surface area contributed by atoms with Crippen molar-refractivity contribution >= 4 is 0 Å². The highest BCUT2D eigenvalue weighted by atomic mass is 15.2. The summed E-state index contributed by atoms with van der Waals surface area (Å²) in [5, 5.41) is 0. The third kappa shape index (κ3) is 3.83. The number of aromatic nitrogens is 2. The van der Waals surface area contributed by atoms with Crippen LogP contribution in [-0.2, 0) is 13.1 Å². The fraction of sp³-hybridized carbons (Fsp3) is 0.812. The van der Waals surface area contributed by atoms with Crippen molar-refractivity contribution in [2.75, 3.05) is 27.2 Å². The van der Waals surface area contributed by atoms with Gasteiger partial charge in [-0.05, 0) is 59.3 Å². The molecule has 20 heavy (non-hydrogen) atoms. The summed E-state index contributed by atoms with van der Waals surface area (Å²) in [5.74, 6) is 2.07. The Hall–Kier alpha value is -0.870. The van der Waals surface area contributed by atoms with Gasteiger partial charge in [-0.3, -0.25) is 4.90 Å². The molecule has 2 rings (SSSR count). The summed E-state index contributed by atoms with van der Waals surface area (Å²) in [7, 11) is 4.39. The molecule has 1 aromatic rings. The summed E-state index contributed by atoms with van der Waals surface area (Å²) in [5.41, 5.74) is 0. The maximum Gasteiger partial charge on any atom is 0.122 e. The first-order chi connectivity index (χ1) is 9.61. The molecule has 0 radical (unpaired) electrons. The summed E-state index contributed by atoms with van der Waals surface area (Å²) < 4.78 is 2.30. The smallest absolute Gasteiger partial charge is 0.122 e. The lowest BCUT2D eigenvalue weighted by Crippen LogP contribution is -2.41. The van der Waals surface area contributed by atoms with Crippen LogP contribution in [0.25, 0.3) is 0 Å². The van der Waals surface area contributed by atoms with Crippen LogP contribution in [0.1, 0.15) is 38.9 Å². The molecule has 1 aliphatic rings. The molecule has 1 atom stereocenters. The number of hydrogen-bond acceptors (Lipinski definition) is 3. The molecule has 1 saturated heterocycles. The van der Waals surface area contributed by atoms with E-state index >= 15 is 0 Å². The number of aryl methyl sites for hydroxylation is 1. The molecule has 0 amide bonds. The minimum Gasteiger partial charge on any atom is -0.334 e. The van der Waals surface area contributed by atoms with Gasteiger partial charge in [0.05, 0.1) is 6.54 Å². The predicted molar refractivity (Wildman–Crippen MR) is 83.7 cm³/mol. The van der Waals surface area contributed by atoms with Crippen molar-refractivity contribution in [2.24, 2.45) is 5.92 Å². The molecule has 0 aromatic carbocycles. The Bertz CT molecular complexity index is 391. The normalized spacial score (nSPS) is 19.6. The molecular weight excluding hydrogens is 248 g/mol. The SMILES string of the molecule is CCCn1ccnc1CN1CCC(C(C)N(C)C)CC1. The van der Waals surface area contributed by atoms with Crippen molar-refractivity contribution in [3.05, 3.63) is 18.2 Å². The Balaban J connectivity index is 1.83. The van der Waals surface area contributed by atoms with E-state index in [-0.39, 0.29) is 0 Å². The highest BCUT2D eigenvalue weighted by Crippen LogP contribution is 2.23. The Kier molecular flexibility index (Phi) is 5.61. The van der Waals surface area contributed by atoms with Crippen LogP contribution >= 0.6 is 0 Å². The largest absolute Gasteiger partial charge is 0.334 e. The Morgan fingerprint density at radius 2 is 2.05 bits per heavy atom. The van der Waals surface area contributed by atoms with Gasteiger partial charge in [-0.25, -0.2) is 4.98 Å². The van der Waals surface area contributed by atoms with Gasteiger partial charge in [-0.2, -0.15) is 0 Å². The van der Waals surface area contributed by atoms with Crippen molar-refractivity contribution in [3.63, 3.8) is 0 Å². The number of hydrogen-bond donors (Lipinski definition) is 0. The van der Waals surface area contributed by atoms with Crippen LogP contribution in [0.2, 0.25) is 0 Å². The molecule has 1 aromatic heterocycles. The van der Waals surface area contributed by atoms with Gasteiger partial charge in [-0.15, -0.1) is 0 Å². The fourth-order valence-corrected chi connectivity index (χ4v) is 3.15. The summed E-state index contributed by atoms with van der Waals surface area (Å²) in [6.45, 7) is 9.09. The molecule has 0 spiro atoms. The average Bonchev–Trinajstić information content (AvgIpc) is 2.86. The third-order valence-electron chi connectivity index (χ3n) is 4.76. The van der Waals surface area contributed by atoms with Gasteiger partial charge in [0.1, 0.15) is 5.82 Å². The topological polar surface area (TPSA) is 24.3 Å². The van der Waals surface area contributed by atoms with E-state index in [0.29, 0.717) is 6.04 Å². The molecule has 1 aliphatic heterocycles. The zero-order valence-electron chi connectivity index (χ0n) is 13.5. The van der Waals surface area contributed by atoms with Crippen molar-refractivity contribution in [2.45, 2.75) is 52.2 Å². The van der Waals surface area contributed by atoms with Crippen LogP contribution in [-0.4, -0.2) is 52.6 Å². The number of likely N-dealkylation sites (tertiary alicyclic amines) is 1. The van der Waals surface area contributed by atoms with Crippen LogP contribution < -0.4 is 0 Å². The van der Waals surface area contributed by atoms with Gasteiger partial charge in [0.2, 0.25) is 0 Å². The zero-order chi connectivity index (χ0) is 14.5. The van der Waals surface area contributed by atoms with Gasteiger partial charge < -0.3 is 9.47 Å². The van der Waals surface area contributed by atoms with E-state index in [1.54, 1.807) is 0 Å². The second-order valence-electron chi connectivity index (χ2n) is 6.35. The number of rotatable bonds is 6. The number of nitrogens with zero attached hydrogens (tertiary/aromatic N) is 4. The highest BCUT2D eigenvalue weighted by molar-refractivity contribution is 4.93. The maximum atomic E-state index is 4.52. The first-order valence-electron chi connectivity index (χ1n) is 8.00. The molecule has 4 nitrogen and oxygen atoms in total. The minimum absolute atomic E-state index is 0.694. The quantitative estimate of drug-likeness (QED) is 0.799. The van der Waals surface area contributed by atoms with Crippen LogP contribution in [0.15, 0.2) is 12.4 Å². The van der Waals surface area contributed by atoms with E-state index in [1.807, 2.05) is 6.20 Å². The van der Waals surface area contributed by atoms with E-state index in [2.05, 4.69) is 53.5 Å². The monoisotopic (exact) mass is 278 g/mol. The summed E-state index contributed by atoms with van der Waals surface area (Å²) in [4.78, 5) is 9.44. The molecule has 0 bridgehead atoms. The average molecular weight is 278 g/mol. The van der Waals surface area contributed by atoms with Crippen molar-refractivity contribution in [3.8, 4) is 0 Å². The Morgan fingerprint density at radius 1 is 1.35 bits per heavy atom. The van der Waals surface area contributed by atoms with E-state index in [4.69, 9.17) is 0 Å². The highest BCUT2D eigenvalue weighted by Gasteiger charge is 2.25. The molecule has 0 saturated carbocycles. The van der Waals surface area contributed by atoms with Gasteiger partial charge in [-0.1, -0.05) is 6.92 Å². The molecule has 0 N–H and O–H groups in total. The second-order valence-corrected chi connectivity index (χ2v) is 6.35. The molecule has 1 fully saturated rings. The lowest BCUT2D eigenvalue weighted by molar-refractivity contribution is 0.118. The van der Waals surface area contributed by atoms with Gasteiger partial charge in [0.25, 0.3) is 0 Å². The fourth-order valence-electron chi connectivity index (χ4n) is 3.15. The van der Waals surface area contributed by atoms with Gasteiger partial charge in [0.15, 0.2) is 0 Å². The molecule has 1 unspecified atom stereocenters. The van der Waals surface area contributed by atoms with Crippen molar-refractivity contribution in [1.82, 2.24) is 19.4 Å². The molecular formula is C16H30N4. The maximum absolute atomic E-state index is 4.52. The minimum atomic E-state index is 0.694. The first-order valence-corrected chi connectivity index (χ1v) is 8.00. The molecule has 0 aliphatic carbocycles. The lowest BCUT2D eigenvalue weighted by atomic mass is 9.90. The molecule has 114 valence electrons. The first kappa shape index (κ1) is 15.5. The summed E-state index contributed by atoms with van der Waals surface area (Å²) in [6.07, 6.45) is 7.85. The van der Waals surface area contributed by atoms with E-state index in [0.717, 1.165) is 19.0 Å². The molecule has 4 heteroatoms. The zero-order valence-corrected chi connectivity index (χ0v) is 13.5. The van der Waals surface area contributed by atoms with Crippen LogP contribution in [0.4, 0.5) is 0 Å². The molecule has 2 heterocycles. The van der Waals surface area contributed by atoms with Crippen LogP contribution in [0.3, 0.4) is 0 Å². The van der Waals surface area contributed by atoms with E-state index in [1.165, 1.54) is 38.2 Å². The lowest BCUT2D eigenvalue weighted by Gasteiger charge is -2.37. The van der Waals surface area contributed by atoms with Gasteiger partial charge in [0, 0.05) is 25.0 Å². The Morgan fingerprint density at radius 3 is 2.65 bits per heavy atom. The number of piperidine rings is 1. The standard InChI is InChI=1S/C16H30N4/c1-5-9-20-12-8-17-16(20)13-19-10-6-15(7-11-19)14(2)18(3)4/h8,12,14-15H,5-7,9-11,13H2,1-4H3. The third-order valence-corrected chi connectivity index (χ3v) is 4.76. The second kappa shape index (κ2) is 7.23. The van der Waals surface area contributed by atoms with Crippen LogP contribution in [0.5, 0.6) is 0 Å². The van der Waals surface area contributed by atoms with Crippen molar-refractivity contribution < 1.29 is 0 Å². The summed E-state index contributed by atoms with van der Waals surface area (Å²) in [6, 6.07) is 0.694. The van der Waals surface area contributed by atoms with Crippen LogP contribution in [0, 0.1) is 5.92 Å². The predicted octanol–water partition coefficient (Wildman–Crippen LogP) is 2.46. The van der Waals surface area contributed by atoms with E-state index < -0.39 is 0 Å².